The molecule has 0 aliphatic heterocycles. The number of nitrogens with one attached hydrogen (secondary N) is 1. The minimum atomic E-state index is 0.0389. The minimum absolute atomic E-state index is 0.0389. The molecule has 0 saturated carbocycles. The fraction of sp³-hybridized carbons (Fsp3) is 0.444. The van der Waals surface area contributed by atoms with E-state index in [0.29, 0.717) is 6.42 Å². The summed E-state index contributed by atoms with van der Waals surface area (Å²) in [6.45, 7) is 8.41. The Labute approximate surface area is 125 Å². The second-order valence-electron chi connectivity index (χ2n) is 6.79. The van der Waals surface area contributed by atoms with Crippen LogP contribution in [0.2, 0.25) is 0 Å². The van der Waals surface area contributed by atoms with Gasteiger partial charge in [0, 0.05) is 23.4 Å². The van der Waals surface area contributed by atoms with E-state index in [1.165, 1.54) is 0 Å². The highest BCUT2D eigenvalue weighted by molar-refractivity contribution is 6.01. The summed E-state index contributed by atoms with van der Waals surface area (Å²) in [7, 11) is 0. The molecule has 110 valence electrons. The Kier molecular flexibility index (Phi) is 3.23. The second kappa shape index (κ2) is 4.83. The molecule has 0 fully saturated rings. The molecule has 3 heteroatoms. The Morgan fingerprint density at radius 1 is 1.29 bits per heavy atom. The van der Waals surface area contributed by atoms with Crippen LogP contribution in [0, 0.1) is 12.3 Å². The Morgan fingerprint density at radius 3 is 2.71 bits per heavy atom. The van der Waals surface area contributed by atoms with Crippen LogP contribution in [0.4, 0.5) is 0 Å². The normalized spacial score (nSPS) is 16.9. The topological polar surface area (TPSA) is 45.8 Å². The number of ketones is 1. The lowest BCUT2D eigenvalue weighted by Crippen LogP contribution is -2.27. The Bertz CT molecular complexity index is 710. The van der Waals surface area contributed by atoms with Crippen LogP contribution in [-0.4, -0.2) is 15.8 Å². The SMILES string of the molecule is CCc1c(-c2cccc(C)n2)[nH]c2c1C(=O)CC(C)(C)C2. The molecule has 0 radical (unpaired) electrons. The first-order chi connectivity index (χ1) is 9.91. The van der Waals surface area contributed by atoms with Crippen LogP contribution in [0.15, 0.2) is 18.2 Å². The number of carbonyl (C=O) groups excluding carboxylic acids is 1. The van der Waals surface area contributed by atoms with Gasteiger partial charge in [0.15, 0.2) is 5.78 Å². The largest absolute Gasteiger partial charge is 0.356 e. The summed E-state index contributed by atoms with van der Waals surface area (Å²) >= 11 is 0. The number of nitrogens with zero attached hydrogens (tertiary/aromatic N) is 1. The summed E-state index contributed by atoms with van der Waals surface area (Å²) < 4.78 is 0. The molecule has 0 saturated heterocycles. The lowest BCUT2D eigenvalue weighted by molar-refractivity contribution is 0.0911. The number of hydrogen-bond acceptors (Lipinski definition) is 2. The number of hydrogen-bond donors (Lipinski definition) is 1. The molecule has 0 spiro atoms. The summed E-state index contributed by atoms with van der Waals surface area (Å²) in [5, 5.41) is 0. The molecule has 1 N–H and O–H groups in total. The monoisotopic (exact) mass is 282 g/mol. The number of aryl methyl sites for hydroxylation is 1. The molecule has 0 bridgehead atoms. The Morgan fingerprint density at radius 2 is 2.05 bits per heavy atom. The van der Waals surface area contributed by atoms with Gasteiger partial charge in [-0.05, 0) is 42.9 Å². The third-order valence-corrected chi connectivity index (χ3v) is 4.25. The molecule has 0 atom stereocenters. The van der Waals surface area contributed by atoms with Crippen molar-refractivity contribution in [3.8, 4) is 11.4 Å². The van der Waals surface area contributed by atoms with Gasteiger partial charge in [0.1, 0.15) is 0 Å². The molecule has 3 nitrogen and oxygen atoms in total. The van der Waals surface area contributed by atoms with E-state index in [2.05, 4.69) is 30.7 Å². The Balaban J connectivity index is 2.18. The van der Waals surface area contributed by atoms with Crippen LogP contribution in [0.25, 0.3) is 11.4 Å². The van der Waals surface area contributed by atoms with E-state index >= 15 is 0 Å². The zero-order chi connectivity index (χ0) is 15.2. The number of Topliss-reactive ketones (excluding diaryl/α,β-unsaturated/α-hetero) is 1. The first kappa shape index (κ1) is 14.1. The summed E-state index contributed by atoms with van der Waals surface area (Å²) in [4.78, 5) is 20.7. The number of carbonyl (C=O) groups is 1. The van der Waals surface area contributed by atoms with E-state index in [1.807, 2.05) is 25.1 Å². The van der Waals surface area contributed by atoms with Crippen LogP contribution < -0.4 is 0 Å². The van der Waals surface area contributed by atoms with Gasteiger partial charge in [0.05, 0.1) is 11.4 Å². The molecule has 1 aliphatic rings. The molecular weight excluding hydrogens is 260 g/mol. The maximum absolute atomic E-state index is 12.6. The molecule has 3 rings (SSSR count). The highest BCUT2D eigenvalue weighted by Gasteiger charge is 2.35. The standard InChI is InChI=1S/C18H22N2O/c1-5-12-16-14(9-18(3,4)10-15(16)21)20-17(12)13-8-6-7-11(2)19-13/h6-8,20H,5,9-10H2,1-4H3. The lowest BCUT2D eigenvalue weighted by Gasteiger charge is -2.28. The molecule has 0 unspecified atom stereocenters. The van der Waals surface area contributed by atoms with Crippen LogP contribution in [0.3, 0.4) is 0 Å². The minimum Gasteiger partial charge on any atom is -0.356 e. The third-order valence-electron chi connectivity index (χ3n) is 4.25. The van der Waals surface area contributed by atoms with Crippen LogP contribution in [0.1, 0.15) is 54.5 Å². The van der Waals surface area contributed by atoms with Crippen molar-refractivity contribution in [2.45, 2.75) is 47.0 Å². The number of rotatable bonds is 2. The van der Waals surface area contributed by atoms with Crippen molar-refractivity contribution < 1.29 is 4.79 Å². The molecule has 2 aromatic heterocycles. The van der Waals surface area contributed by atoms with Gasteiger partial charge in [-0.25, -0.2) is 0 Å². The molecule has 0 aromatic carbocycles. The number of fused-ring (bicyclic) bond motifs is 1. The van der Waals surface area contributed by atoms with Gasteiger partial charge in [0.25, 0.3) is 0 Å². The van der Waals surface area contributed by atoms with Crippen molar-refractivity contribution in [3.05, 3.63) is 40.7 Å². The van der Waals surface area contributed by atoms with Crippen molar-refractivity contribution in [1.29, 1.82) is 0 Å². The predicted molar refractivity (Wildman–Crippen MR) is 84.6 cm³/mol. The number of aromatic amines is 1. The van der Waals surface area contributed by atoms with E-state index in [0.717, 1.165) is 46.7 Å². The van der Waals surface area contributed by atoms with E-state index in [4.69, 9.17) is 0 Å². The zero-order valence-corrected chi connectivity index (χ0v) is 13.2. The van der Waals surface area contributed by atoms with E-state index in [1.54, 1.807) is 0 Å². The smallest absolute Gasteiger partial charge is 0.165 e. The van der Waals surface area contributed by atoms with Gasteiger partial charge in [-0.2, -0.15) is 0 Å². The van der Waals surface area contributed by atoms with Gasteiger partial charge in [-0.1, -0.05) is 26.8 Å². The number of pyridine rings is 1. The van der Waals surface area contributed by atoms with Gasteiger partial charge in [-0.15, -0.1) is 0 Å². The average molecular weight is 282 g/mol. The quantitative estimate of drug-likeness (QED) is 0.901. The lowest BCUT2D eigenvalue weighted by atomic mass is 9.75. The van der Waals surface area contributed by atoms with Crippen molar-refractivity contribution in [3.63, 3.8) is 0 Å². The van der Waals surface area contributed by atoms with E-state index in [-0.39, 0.29) is 11.2 Å². The summed E-state index contributed by atoms with van der Waals surface area (Å²) in [6.07, 6.45) is 2.40. The first-order valence-corrected chi connectivity index (χ1v) is 7.62. The molecule has 2 heterocycles. The van der Waals surface area contributed by atoms with Gasteiger partial charge in [0.2, 0.25) is 0 Å². The summed E-state index contributed by atoms with van der Waals surface area (Å²) in [5.74, 6) is 0.272. The van der Waals surface area contributed by atoms with Crippen LogP contribution in [-0.2, 0) is 12.8 Å². The third kappa shape index (κ3) is 2.41. The predicted octanol–water partition coefficient (Wildman–Crippen LogP) is 4.10. The number of H-pyrrole nitrogens is 1. The molecular formula is C18H22N2O. The summed E-state index contributed by atoms with van der Waals surface area (Å²) in [6, 6.07) is 6.02. The van der Waals surface area contributed by atoms with Gasteiger partial charge < -0.3 is 4.98 Å². The van der Waals surface area contributed by atoms with Crippen molar-refractivity contribution in [2.24, 2.45) is 5.41 Å². The molecule has 2 aromatic rings. The van der Waals surface area contributed by atoms with Gasteiger partial charge >= 0.3 is 0 Å². The Hall–Kier alpha value is -1.90. The molecule has 21 heavy (non-hydrogen) atoms. The maximum atomic E-state index is 12.6. The second-order valence-corrected chi connectivity index (χ2v) is 6.79. The number of aromatic nitrogens is 2. The average Bonchev–Trinajstić information content (AvgIpc) is 2.75. The van der Waals surface area contributed by atoms with Crippen molar-refractivity contribution in [1.82, 2.24) is 9.97 Å². The maximum Gasteiger partial charge on any atom is 0.165 e. The first-order valence-electron chi connectivity index (χ1n) is 7.62. The highest BCUT2D eigenvalue weighted by Crippen LogP contribution is 2.39. The van der Waals surface area contributed by atoms with Crippen LogP contribution >= 0.6 is 0 Å². The van der Waals surface area contributed by atoms with E-state index < -0.39 is 0 Å². The van der Waals surface area contributed by atoms with E-state index in [9.17, 15) is 4.79 Å². The molecule has 0 amide bonds. The van der Waals surface area contributed by atoms with Crippen LogP contribution in [0.5, 0.6) is 0 Å². The van der Waals surface area contributed by atoms with Crippen molar-refractivity contribution in [2.75, 3.05) is 0 Å². The zero-order valence-electron chi connectivity index (χ0n) is 13.2. The van der Waals surface area contributed by atoms with Gasteiger partial charge in [-0.3, -0.25) is 9.78 Å². The highest BCUT2D eigenvalue weighted by atomic mass is 16.1. The molecule has 1 aliphatic carbocycles. The summed E-state index contributed by atoms with van der Waals surface area (Å²) in [5.41, 5.74) is 6.14. The van der Waals surface area contributed by atoms with Crippen molar-refractivity contribution >= 4 is 5.78 Å². The fourth-order valence-electron chi connectivity index (χ4n) is 3.38. The fourth-order valence-corrected chi connectivity index (χ4v) is 3.38.